The van der Waals surface area contributed by atoms with Crippen LogP contribution in [0.4, 0.5) is 0 Å². The first-order valence-electron chi connectivity index (χ1n) is 3.98. The predicted molar refractivity (Wildman–Crippen MR) is 53.4 cm³/mol. The minimum absolute atomic E-state index is 0. The number of benzene rings is 1. The van der Waals surface area contributed by atoms with Gasteiger partial charge in [-0.3, -0.25) is 5.41 Å². The minimum Gasteiger partial charge on any atom is -0.780 e. The molecule has 2 rings (SSSR count). The fraction of sp³-hybridized carbons (Fsp3) is 0.222. The molecule has 0 aliphatic carbocycles. The summed E-state index contributed by atoms with van der Waals surface area (Å²) >= 11 is 5.07. The first kappa shape index (κ1) is 11.8. The van der Waals surface area contributed by atoms with Crippen LogP contribution in [0.3, 0.4) is 0 Å². The van der Waals surface area contributed by atoms with Crippen LogP contribution < -0.4 is 35.2 Å². The monoisotopic (exact) mass is 215 g/mol. The van der Waals surface area contributed by atoms with Crippen LogP contribution >= 0.6 is 0 Å². The van der Waals surface area contributed by atoms with Crippen LogP contribution in [0.2, 0.25) is 0 Å². The van der Waals surface area contributed by atoms with Crippen LogP contribution in [0, 0.1) is 5.41 Å². The molecule has 1 aromatic heterocycles. The largest absolute Gasteiger partial charge is 1.00 e. The SMILES string of the molecule is Cn1c(=N)n(C)c2cc([S-])ccc21.[Na+]. The van der Waals surface area contributed by atoms with Crippen molar-refractivity contribution in [2.75, 3.05) is 0 Å². The Morgan fingerprint density at radius 3 is 2.36 bits per heavy atom. The van der Waals surface area contributed by atoms with Gasteiger partial charge in [-0.1, -0.05) is 12.1 Å². The second-order valence-electron chi connectivity index (χ2n) is 3.09. The smallest absolute Gasteiger partial charge is 0.780 e. The maximum Gasteiger partial charge on any atom is 1.00 e. The Morgan fingerprint density at radius 1 is 1.14 bits per heavy atom. The zero-order valence-corrected chi connectivity index (χ0v) is 11.4. The van der Waals surface area contributed by atoms with Gasteiger partial charge in [0.05, 0.1) is 11.0 Å². The van der Waals surface area contributed by atoms with Crippen molar-refractivity contribution in [2.24, 2.45) is 14.1 Å². The molecule has 1 heterocycles. The Bertz CT molecular complexity index is 527. The van der Waals surface area contributed by atoms with Crippen molar-refractivity contribution in [1.82, 2.24) is 9.13 Å². The summed E-state index contributed by atoms with van der Waals surface area (Å²) in [5.41, 5.74) is 2.54. The van der Waals surface area contributed by atoms with Crippen molar-refractivity contribution in [3.05, 3.63) is 23.8 Å². The Labute approximate surface area is 110 Å². The van der Waals surface area contributed by atoms with E-state index in [2.05, 4.69) is 0 Å². The number of imidazole rings is 1. The second kappa shape index (κ2) is 4.06. The minimum atomic E-state index is 0. The maximum atomic E-state index is 7.73. The molecule has 0 aliphatic rings. The molecule has 0 saturated carbocycles. The predicted octanol–water partition coefficient (Wildman–Crippen LogP) is -2.09. The van der Waals surface area contributed by atoms with Crippen LogP contribution in [0.25, 0.3) is 11.0 Å². The number of nitrogens with one attached hydrogen (secondary N) is 1. The quantitative estimate of drug-likeness (QED) is 0.397. The first-order valence-corrected chi connectivity index (χ1v) is 4.39. The van der Waals surface area contributed by atoms with Gasteiger partial charge >= 0.3 is 29.6 Å². The standard InChI is InChI=1S/C9H11N3S.Na/c1-11-7-4-3-6(13)5-8(7)12(2)9(11)10;/h3-5,10,13H,1-2H3;/q;+1/p-1. The van der Waals surface area contributed by atoms with Gasteiger partial charge in [-0.25, -0.2) is 0 Å². The van der Waals surface area contributed by atoms with Gasteiger partial charge < -0.3 is 21.8 Å². The molecule has 0 spiro atoms. The number of fused-ring (bicyclic) bond motifs is 1. The van der Waals surface area contributed by atoms with Gasteiger partial charge in [0.15, 0.2) is 0 Å². The van der Waals surface area contributed by atoms with Crippen molar-refractivity contribution in [1.29, 1.82) is 5.41 Å². The van der Waals surface area contributed by atoms with Gasteiger partial charge in [0.25, 0.3) is 0 Å². The van der Waals surface area contributed by atoms with Gasteiger partial charge in [-0.15, -0.1) is 0 Å². The van der Waals surface area contributed by atoms with Crippen molar-refractivity contribution in [3.8, 4) is 0 Å². The molecule has 0 radical (unpaired) electrons. The van der Waals surface area contributed by atoms with E-state index in [1.165, 1.54) is 0 Å². The summed E-state index contributed by atoms with van der Waals surface area (Å²) in [5, 5.41) is 7.73. The van der Waals surface area contributed by atoms with Gasteiger partial charge in [-0.2, -0.15) is 4.90 Å². The zero-order valence-electron chi connectivity index (χ0n) is 8.53. The molecular formula is C9H10N3NaS. The van der Waals surface area contributed by atoms with Crippen molar-refractivity contribution in [3.63, 3.8) is 0 Å². The number of hydrogen-bond acceptors (Lipinski definition) is 2. The number of aryl methyl sites for hydroxylation is 2. The van der Waals surface area contributed by atoms with Crippen LogP contribution in [0.5, 0.6) is 0 Å². The van der Waals surface area contributed by atoms with E-state index >= 15 is 0 Å². The number of hydrogen-bond donors (Lipinski definition) is 1. The molecule has 0 saturated heterocycles. The average molecular weight is 215 g/mol. The molecule has 1 N–H and O–H groups in total. The van der Waals surface area contributed by atoms with Crippen LogP contribution in [-0.4, -0.2) is 9.13 Å². The Hall–Kier alpha value is -0.290. The normalized spacial score (nSPS) is 10.1. The summed E-state index contributed by atoms with van der Waals surface area (Å²) in [4.78, 5) is 0.814. The van der Waals surface area contributed by atoms with Gasteiger partial charge in [-0.05, 0) is 6.07 Å². The van der Waals surface area contributed by atoms with Gasteiger partial charge in [0.1, 0.15) is 0 Å². The number of aromatic nitrogens is 2. The van der Waals surface area contributed by atoms with Crippen molar-refractivity contribution < 1.29 is 29.6 Å². The molecule has 0 atom stereocenters. The third-order valence-electron chi connectivity index (χ3n) is 2.30. The topological polar surface area (TPSA) is 33.7 Å². The van der Waals surface area contributed by atoms with Crippen LogP contribution in [0.15, 0.2) is 23.1 Å². The van der Waals surface area contributed by atoms with E-state index in [4.69, 9.17) is 18.0 Å². The van der Waals surface area contributed by atoms with E-state index < -0.39 is 0 Å². The summed E-state index contributed by atoms with van der Waals surface area (Å²) in [7, 11) is 3.76. The van der Waals surface area contributed by atoms with E-state index in [0.29, 0.717) is 5.62 Å². The first-order chi connectivity index (χ1) is 6.11. The number of rotatable bonds is 0. The Balaban J connectivity index is 0.000000980. The van der Waals surface area contributed by atoms with E-state index in [9.17, 15) is 0 Å². The molecule has 2 aromatic rings. The molecule has 3 nitrogen and oxygen atoms in total. The molecule has 14 heavy (non-hydrogen) atoms. The van der Waals surface area contributed by atoms with Crippen molar-refractivity contribution >= 4 is 23.7 Å². The number of nitrogens with zero attached hydrogens (tertiary/aromatic N) is 2. The summed E-state index contributed by atoms with van der Waals surface area (Å²) in [6, 6.07) is 5.76. The van der Waals surface area contributed by atoms with Crippen LogP contribution in [-0.2, 0) is 26.7 Å². The van der Waals surface area contributed by atoms with Crippen molar-refractivity contribution in [2.45, 2.75) is 4.90 Å². The summed E-state index contributed by atoms with van der Waals surface area (Å²) in [6.07, 6.45) is 0. The Morgan fingerprint density at radius 2 is 1.71 bits per heavy atom. The summed E-state index contributed by atoms with van der Waals surface area (Å²) in [5.74, 6) is 0. The molecule has 5 heteroatoms. The van der Waals surface area contributed by atoms with E-state index in [-0.39, 0.29) is 29.6 Å². The van der Waals surface area contributed by atoms with Crippen LogP contribution in [0.1, 0.15) is 0 Å². The molecular weight excluding hydrogens is 205 g/mol. The third kappa shape index (κ3) is 1.63. The van der Waals surface area contributed by atoms with Gasteiger partial charge in [0.2, 0.25) is 5.62 Å². The molecule has 0 fully saturated rings. The third-order valence-corrected chi connectivity index (χ3v) is 2.56. The molecule has 0 amide bonds. The molecule has 0 aliphatic heterocycles. The molecule has 68 valence electrons. The molecule has 0 unspecified atom stereocenters. The van der Waals surface area contributed by atoms with E-state index in [0.717, 1.165) is 15.9 Å². The maximum absolute atomic E-state index is 7.73. The molecule has 1 aromatic carbocycles. The summed E-state index contributed by atoms with van der Waals surface area (Å²) < 4.78 is 3.66. The zero-order chi connectivity index (χ0) is 9.59. The van der Waals surface area contributed by atoms with Gasteiger partial charge in [0, 0.05) is 14.1 Å². The van der Waals surface area contributed by atoms with E-state index in [1.807, 2.05) is 41.4 Å². The molecule has 0 bridgehead atoms. The van der Waals surface area contributed by atoms with E-state index in [1.54, 1.807) is 0 Å². The fourth-order valence-corrected chi connectivity index (χ4v) is 1.69. The fourth-order valence-electron chi connectivity index (χ4n) is 1.51. The Kier molecular flexibility index (Phi) is 3.42. The second-order valence-corrected chi connectivity index (χ2v) is 3.56. The average Bonchev–Trinajstić information content (AvgIpc) is 2.32. The summed E-state index contributed by atoms with van der Waals surface area (Å²) in [6.45, 7) is 0.